The van der Waals surface area contributed by atoms with E-state index in [2.05, 4.69) is 67.1 Å². The van der Waals surface area contributed by atoms with Crippen LogP contribution < -0.4 is 15.0 Å². The van der Waals surface area contributed by atoms with Crippen LogP contribution in [0.25, 0.3) is 0 Å². The SMILES string of the molecule is C=C(OC(C)C(=O)C(CC)OC(CNC(C)(C)C)COc1nsnc1N1CCOCC1)C(=O)C(C)(C)CC(C)(C)CC. The van der Waals surface area contributed by atoms with Gasteiger partial charge in [-0.3, -0.25) is 9.59 Å². The van der Waals surface area contributed by atoms with Crippen molar-refractivity contribution in [3.63, 3.8) is 0 Å². The van der Waals surface area contributed by atoms with Crippen molar-refractivity contribution in [2.24, 2.45) is 10.8 Å². The lowest BCUT2D eigenvalue weighted by Gasteiger charge is -2.34. The number of ketones is 2. The summed E-state index contributed by atoms with van der Waals surface area (Å²) in [4.78, 5) is 28.8. The van der Waals surface area contributed by atoms with Crippen LogP contribution in [0.1, 0.15) is 88.5 Å². The summed E-state index contributed by atoms with van der Waals surface area (Å²) in [6, 6.07) is 0. The molecule has 0 aromatic carbocycles. The van der Waals surface area contributed by atoms with E-state index in [4.69, 9.17) is 18.9 Å². The lowest BCUT2D eigenvalue weighted by Crippen LogP contribution is -2.46. The minimum atomic E-state index is -0.894. The molecule has 0 spiro atoms. The summed E-state index contributed by atoms with van der Waals surface area (Å²) in [6.45, 7) is 27.2. The Labute approximate surface area is 257 Å². The van der Waals surface area contributed by atoms with Crippen molar-refractivity contribution in [2.45, 2.75) is 112 Å². The maximum absolute atomic E-state index is 13.5. The van der Waals surface area contributed by atoms with Gasteiger partial charge in [-0.15, -0.1) is 4.37 Å². The first-order valence-electron chi connectivity index (χ1n) is 15.1. The molecule has 1 aliphatic rings. The summed E-state index contributed by atoms with van der Waals surface area (Å²) >= 11 is 1.10. The van der Waals surface area contributed by atoms with Crippen LogP contribution in [0.5, 0.6) is 5.88 Å². The van der Waals surface area contributed by atoms with Gasteiger partial charge in [-0.2, -0.15) is 4.37 Å². The number of aromatic nitrogens is 2. The quantitative estimate of drug-likeness (QED) is 0.175. The summed E-state index contributed by atoms with van der Waals surface area (Å²) in [6.07, 6.45) is -0.0298. The molecule has 0 amide bonds. The van der Waals surface area contributed by atoms with Crippen molar-refractivity contribution in [2.75, 3.05) is 44.4 Å². The Hall–Kier alpha value is -2.08. The van der Waals surface area contributed by atoms with E-state index in [-0.39, 0.29) is 34.9 Å². The molecule has 1 N–H and O–H groups in total. The van der Waals surface area contributed by atoms with Gasteiger partial charge in [-0.1, -0.05) is 54.5 Å². The Morgan fingerprint density at radius 1 is 1.10 bits per heavy atom. The van der Waals surface area contributed by atoms with Gasteiger partial charge in [-0.25, -0.2) is 0 Å². The Bertz CT molecular complexity index is 1030. The topological polar surface area (TPSA) is 112 Å². The van der Waals surface area contributed by atoms with Gasteiger partial charge in [0, 0.05) is 30.6 Å². The van der Waals surface area contributed by atoms with Crippen molar-refractivity contribution in [1.82, 2.24) is 14.1 Å². The second kappa shape index (κ2) is 15.6. The largest absolute Gasteiger partial charge is 0.480 e. The second-order valence-electron chi connectivity index (χ2n) is 13.6. The predicted octanol–water partition coefficient (Wildman–Crippen LogP) is 5.21. The van der Waals surface area contributed by atoms with Crippen molar-refractivity contribution >= 4 is 29.1 Å². The summed E-state index contributed by atoms with van der Waals surface area (Å²) in [5.41, 5.74) is -0.828. The van der Waals surface area contributed by atoms with Gasteiger partial charge in [0.2, 0.25) is 17.4 Å². The Morgan fingerprint density at radius 2 is 1.74 bits per heavy atom. The van der Waals surface area contributed by atoms with Crippen LogP contribution in [0.2, 0.25) is 0 Å². The molecule has 0 radical (unpaired) electrons. The molecule has 1 fully saturated rings. The van der Waals surface area contributed by atoms with Crippen molar-refractivity contribution in [3.8, 4) is 5.88 Å². The standard InChI is InChI=1S/C31H54N4O6S/c1-12-24(25(36)21(3)40-22(4)26(37)31(10,11)20-30(8,9)13-2)41-23(18-32-29(5,6)7)19-39-28-27(33-42-34-28)35-14-16-38-17-15-35/h21,23-24,32H,4,12-20H2,1-3,5-11H3. The Kier molecular flexibility index (Phi) is 13.4. The molecule has 42 heavy (non-hydrogen) atoms. The minimum absolute atomic E-state index is 0.00222. The number of hydrogen-bond acceptors (Lipinski definition) is 11. The monoisotopic (exact) mass is 610 g/mol. The van der Waals surface area contributed by atoms with Gasteiger partial charge in [0.15, 0.2) is 11.9 Å². The van der Waals surface area contributed by atoms with E-state index in [1.807, 2.05) is 20.8 Å². The number of ether oxygens (including phenoxy) is 4. The molecule has 3 unspecified atom stereocenters. The van der Waals surface area contributed by atoms with Crippen LogP contribution in [0.3, 0.4) is 0 Å². The third-order valence-corrected chi connectivity index (χ3v) is 8.03. The molecule has 0 saturated carbocycles. The maximum atomic E-state index is 13.5. The number of nitrogens with one attached hydrogen (secondary N) is 1. The number of rotatable bonds is 18. The molecule has 0 aliphatic carbocycles. The Balaban J connectivity index is 2.08. The van der Waals surface area contributed by atoms with Gasteiger partial charge in [0.25, 0.3) is 5.88 Å². The first-order chi connectivity index (χ1) is 19.5. The van der Waals surface area contributed by atoms with E-state index >= 15 is 0 Å². The lowest BCUT2D eigenvalue weighted by atomic mass is 9.71. The number of nitrogens with zero attached hydrogens (tertiary/aromatic N) is 3. The average Bonchev–Trinajstić information content (AvgIpc) is 3.40. The molecule has 2 rings (SSSR count). The van der Waals surface area contributed by atoms with Crippen molar-refractivity contribution < 1.29 is 28.5 Å². The number of hydrogen-bond donors (Lipinski definition) is 1. The van der Waals surface area contributed by atoms with Gasteiger partial charge in [0.1, 0.15) is 18.8 Å². The third kappa shape index (κ3) is 11.2. The smallest absolute Gasteiger partial charge is 0.270 e. The second-order valence-corrected chi connectivity index (χ2v) is 14.1. The summed E-state index contributed by atoms with van der Waals surface area (Å²) in [5.74, 6) is 0.716. The number of Topliss-reactive ketones (excluding diaryl/α,β-unsaturated/α-hetero) is 2. The predicted molar refractivity (Wildman–Crippen MR) is 167 cm³/mol. The van der Waals surface area contributed by atoms with Gasteiger partial charge >= 0.3 is 0 Å². The number of anilines is 1. The highest BCUT2D eigenvalue weighted by atomic mass is 32.1. The summed E-state index contributed by atoms with van der Waals surface area (Å²) in [5, 5.41) is 3.45. The van der Waals surface area contributed by atoms with Crippen LogP contribution in [0, 0.1) is 10.8 Å². The van der Waals surface area contributed by atoms with Crippen molar-refractivity contribution in [1.29, 1.82) is 0 Å². The highest BCUT2D eigenvalue weighted by Gasteiger charge is 2.37. The molecule has 10 nitrogen and oxygen atoms in total. The summed E-state index contributed by atoms with van der Waals surface area (Å²) < 4.78 is 32.5. The normalized spacial score (nSPS) is 17.0. The zero-order chi connectivity index (χ0) is 31.7. The molecule has 240 valence electrons. The summed E-state index contributed by atoms with van der Waals surface area (Å²) in [7, 11) is 0. The fourth-order valence-corrected chi connectivity index (χ4v) is 5.46. The van der Waals surface area contributed by atoms with Gasteiger partial charge in [-0.05, 0) is 46.0 Å². The lowest BCUT2D eigenvalue weighted by molar-refractivity contribution is -0.146. The van der Waals surface area contributed by atoms with E-state index in [9.17, 15) is 9.59 Å². The van der Waals surface area contributed by atoms with E-state index in [1.54, 1.807) is 6.92 Å². The molecular weight excluding hydrogens is 556 g/mol. The molecule has 1 aromatic heterocycles. The average molecular weight is 611 g/mol. The zero-order valence-electron chi connectivity index (χ0n) is 27.5. The maximum Gasteiger partial charge on any atom is 0.270 e. The fourth-order valence-electron chi connectivity index (χ4n) is 4.94. The zero-order valence-corrected chi connectivity index (χ0v) is 28.3. The van der Waals surface area contributed by atoms with E-state index in [0.29, 0.717) is 44.3 Å². The van der Waals surface area contributed by atoms with Crippen LogP contribution in [0.15, 0.2) is 12.3 Å². The van der Waals surface area contributed by atoms with Crippen LogP contribution in [0.4, 0.5) is 5.82 Å². The first-order valence-corrected chi connectivity index (χ1v) is 15.8. The molecule has 1 aliphatic heterocycles. The van der Waals surface area contributed by atoms with E-state index in [0.717, 1.165) is 31.2 Å². The number of carbonyl (C=O) groups excluding carboxylic acids is 2. The first kappa shape index (κ1) is 36.1. The van der Waals surface area contributed by atoms with Gasteiger partial charge in [0.05, 0.1) is 24.9 Å². The number of morpholine rings is 1. The number of carbonyl (C=O) groups is 2. The fraction of sp³-hybridized carbons (Fsp3) is 0.806. The van der Waals surface area contributed by atoms with Gasteiger partial charge < -0.3 is 29.2 Å². The Morgan fingerprint density at radius 3 is 2.31 bits per heavy atom. The van der Waals surface area contributed by atoms with Crippen LogP contribution >= 0.6 is 11.7 Å². The molecule has 3 atom stereocenters. The molecule has 11 heteroatoms. The molecular formula is C31H54N4O6S. The molecule has 1 aromatic rings. The molecule has 0 bridgehead atoms. The van der Waals surface area contributed by atoms with E-state index < -0.39 is 23.7 Å². The minimum Gasteiger partial charge on any atom is -0.480 e. The number of allylic oxidation sites excluding steroid dienone is 1. The van der Waals surface area contributed by atoms with Crippen LogP contribution in [-0.2, 0) is 23.8 Å². The van der Waals surface area contributed by atoms with E-state index in [1.165, 1.54) is 0 Å². The molecule has 2 heterocycles. The van der Waals surface area contributed by atoms with Crippen molar-refractivity contribution in [3.05, 3.63) is 12.3 Å². The highest BCUT2D eigenvalue weighted by Crippen LogP contribution is 2.38. The third-order valence-electron chi connectivity index (χ3n) is 7.53. The highest BCUT2D eigenvalue weighted by molar-refractivity contribution is 6.99. The molecule has 1 saturated heterocycles. The van der Waals surface area contributed by atoms with Crippen LogP contribution in [-0.4, -0.2) is 83.6 Å².